The zero-order valence-corrected chi connectivity index (χ0v) is 13.4. The summed E-state index contributed by atoms with van der Waals surface area (Å²) in [6.45, 7) is 6.36. The van der Waals surface area contributed by atoms with Crippen molar-refractivity contribution in [2.75, 3.05) is 19.8 Å². The second-order valence-corrected chi connectivity index (χ2v) is 7.37. The van der Waals surface area contributed by atoms with E-state index in [2.05, 4.69) is 20.2 Å². The minimum absolute atomic E-state index is 0.155. The van der Waals surface area contributed by atoms with Crippen molar-refractivity contribution in [2.45, 2.75) is 44.3 Å². The summed E-state index contributed by atoms with van der Waals surface area (Å²) in [6.07, 6.45) is 3.35. The maximum atomic E-state index is 12.4. The maximum Gasteiger partial charge on any atom is 0.257 e. The van der Waals surface area contributed by atoms with E-state index in [1.807, 2.05) is 13.8 Å². The Hall–Kier alpha value is -0.960. The molecule has 0 radical (unpaired) electrons. The molecule has 0 aromatic carbocycles. The summed E-state index contributed by atoms with van der Waals surface area (Å²) in [5, 5.41) is 9.80. The summed E-state index contributed by atoms with van der Waals surface area (Å²) in [5.41, 5.74) is 0.656. The van der Waals surface area contributed by atoms with E-state index in [0.717, 1.165) is 12.8 Å². The van der Waals surface area contributed by atoms with Gasteiger partial charge in [0.2, 0.25) is 0 Å². The molecular formula is C13H24N4O3S. The molecule has 2 rings (SSSR count). The lowest BCUT2D eigenvalue weighted by molar-refractivity contribution is 0.0678. The van der Waals surface area contributed by atoms with E-state index in [1.165, 1.54) is 0 Å². The smallest absolute Gasteiger partial charge is 0.257 e. The van der Waals surface area contributed by atoms with E-state index in [1.54, 1.807) is 6.20 Å². The minimum atomic E-state index is -3.54. The van der Waals surface area contributed by atoms with Gasteiger partial charge in [-0.15, -0.1) is 0 Å². The molecule has 3 N–H and O–H groups in total. The van der Waals surface area contributed by atoms with Gasteiger partial charge in [-0.05, 0) is 18.8 Å². The van der Waals surface area contributed by atoms with Crippen LogP contribution in [0.5, 0.6) is 0 Å². The van der Waals surface area contributed by atoms with Crippen molar-refractivity contribution in [3.63, 3.8) is 0 Å². The van der Waals surface area contributed by atoms with Crippen molar-refractivity contribution in [1.82, 2.24) is 20.2 Å². The molecule has 0 aliphatic carbocycles. The standard InChI is InChI=1S/C13H24N4O3S/c1-10(2)14-8-12-9-15-17-13(12)21(18,19)16-7-11-3-5-20-6-4-11/h9-11,14,16H,3-8H2,1-2H3,(H,15,17). The largest absolute Gasteiger partial charge is 0.381 e. The van der Waals surface area contributed by atoms with Crippen LogP contribution in [0.1, 0.15) is 32.3 Å². The first-order valence-electron chi connectivity index (χ1n) is 7.32. The number of H-pyrrole nitrogens is 1. The molecule has 1 aromatic heterocycles. The van der Waals surface area contributed by atoms with Gasteiger partial charge in [-0.3, -0.25) is 5.10 Å². The van der Waals surface area contributed by atoms with Gasteiger partial charge in [0.25, 0.3) is 10.0 Å². The predicted molar refractivity (Wildman–Crippen MR) is 79.3 cm³/mol. The van der Waals surface area contributed by atoms with Crippen LogP contribution in [0.3, 0.4) is 0 Å². The molecule has 120 valence electrons. The summed E-state index contributed by atoms with van der Waals surface area (Å²) in [7, 11) is -3.54. The Kier molecular flexibility index (Phi) is 5.74. The summed E-state index contributed by atoms with van der Waals surface area (Å²) in [4.78, 5) is 0. The lowest BCUT2D eigenvalue weighted by Crippen LogP contribution is -2.33. The van der Waals surface area contributed by atoms with E-state index >= 15 is 0 Å². The summed E-state index contributed by atoms with van der Waals surface area (Å²) in [5.74, 6) is 0.341. The second-order valence-electron chi connectivity index (χ2n) is 5.67. The lowest BCUT2D eigenvalue weighted by Gasteiger charge is -2.22. The fraction of sp³-hybridized carbons (Fsp3) is 0.769. The summed E-state index contributed by atoms with van der Waals surface area (Å²) < 4.78 is 32.7. The minimum Gasteiger partial charge on any atom is -0.381 e. The molecule has 0 spiro atoms. The van der Waals surface area contributed by atoms with Crippen molar-refractivity contribution >= 4 is 10.0 Å². The first-order chi connectivity index (χ1) is 9.99. The number of nitrogens with one attached hydrogen (secondary N) is 3. The first kappa shape index (κ1) is 16.4. The molecule has 2 heterocycles. The van der Waals surface area contributed by atoms with E-state index in [9.17, 15) is 8.42 Å². The number of aromatic amines is 1. The van der Waals surface area contributed by atoms with Crippen LogP contribution in [0, 0.1) is 5.92 Å². The van der Waals surface area contributed by atoms with E-state index in [4.69, 9.17) is 4.74 Å². The number of hydrogen-bond acceptors (Lipinski definition) is 5. The van der Waals surface area contributed by atoms with Crippen LogP contribution in [0.2, 0.25) is 0 Å². The Balaban J connectivity index is 1.96. The summed E-state index contributed by atoms with van der Waals surface area (Å²) >= 11 is 0. The number of ether oxygens (including phenoxy) is 1. The molecule has 0 bridgehead atoms. The van der Waals surface area contributed by atoms with Crippen LogP contribution < -0.4 is 10.0 Å². The molecule has 0 unspecified atom stereocenters. The average Bonchev–Trinajstić information content (AvgIpc) is 2.93. The number of sulfonamides is 1. The van der Waals surface area contributed by atoms with Crippen LogP contribution in [0.25, 0.3) is 0 Å². The second kappa shape index (κ2) is 7.35. The Bertz CT molecular complexity index is 535. The zero-order chi connectivity index (χ0) is 15.3. The van der Waals surface area contributed by atoms with Gasteiger partial charge >= 0.3 is 0 Å². The van der Waals surface area contributed by atoms with Crippen LogP contribution in [0.15, 0.2) is 11.2 Å². The third-order valence-electron chi connectivity index (χ3n) is 3.55. The highest BCUT2D eigenvalue weighted by Gasteiger charge is 2.23. The SMILES string of the molecule is CC(C)NCc1cn[nH]c1S(=O)(=O)NCC1CCOCC1. The van der Waals surface area contributed by atoms with Gasteiger partial charge < -0.3 is 10.1 Å². The van der Waals surface area contributed by atoms with E-state index in [0.29, 0.717) is 37.8 Å². The molecule has 1 aliphatic rings. The Labute approximate surface area is 125 Å². The monoisotopic (exact) mass is 316 g/mol. The highest BCUT2D eigenvalue weighted by atomic mass is 32.2. The molecule has 21 heavy (non-hydrogen) atoms. The Morgan fingerprint density at radius 2 is 2.14 bits per heavy atom. The lowest BCUT2D eigenvalue weighted by atomic mass is 10.0. The first-order valence-corrected chi connectivity index (χ1v) is 8.80. The molecule has 8 heteroatoms. The van der Waals surface area contributed by atoms with Crippen molar-refractivity contribution in [2.24, 2.45) is 5.92 Å². The normalized spacial score (nSPS) is 17.5. The predicted octanol–water partition coefficient (Wildman–Crippen LogP) is 0.613. The van der Waals surface area contributed by atoms with Gasteiger partial charge in [0.1, 0.15) is 0 Å². The quantitative estimate of drug-likeness (QED) is 0.685. The van der Waals surface area contributed by atoms with E-state index < -0.39 is 10.0 Å². The number of hydrogen-bond donors (Lipinski definition) is 3. The highest BCUT2D eigenvalue weighted by molar-refractivity contribution is 7.89. The van der Waals surface area contributed by atoms with Gasteiger partial charge in [0, 0.05) is 37.9 Å². The van der Waals surface area contributed by atoms with Gasteiger partial charge in [0.05, 0.1) is 6.20 Å². The molecular weight excluding hydrogens is 292 g/mol. The number of nitrogens with zero attached hydrogens (tertiary/aromatic N) is 1. The number of rotatable bonds is 7. The van der Waals surface area contributed by atoms with Gasteiger partial charge in [-0.25, -0.2) is 13.1 Å². The fourth-order valence-corrected chi connectivity index (χ4v) is 3.46. The molecule has 7 nitrogen and oxygen atoms in total. The summed E-state index contributed by atoms with van der Waals surface area (Å²) in [6, 6.07) is 0.283. The van der Waals surface area contributed by atoms with Crippen LogP contribution in [-0.4, -0.2) is 44.4 Å². The van der Waals surface area contributed by atoms with Gasteiger partial charge in [-0.1, -0.05) is 13.8 Å². The molecule has 1 aromatic rings. The third kappa shape index (κ3) is 4.77. The van der Waals surface area contributed by atoms with Crippen molar-refractivity contribution in [1.29, 1.82) is 0 Å². The van der Waals surface area contributed by atoms with Crippen molar-refractivity contribution < 1.29 is 13.2 Å². The van der Waals surface area contributed by atoms with Gasteiger partial charge in [-0.2, -0.15) is 5.10 Å². The molecule has 0 amide bonds. The highest BCUT2D eigenvalue weighted by Crippen LogP contribution is 2.16. The molecule has 1 fully saturated rings. The topological polar surface area (TPSA) is 96.1 Å². The molecule has 0 atom stereocenters. The average molecular weight is 316 g/mol. The third-order valence-corrected chi connectivity index (χ3v) is 4.99. The molecule has 0 saturated carbocycles. The van der Waals surface area contributed by atoms with Gasteiger partial charge in [0.15, 0.2) is 5.03 Å². The molecule has 1 saturated heterocycles. The maximum absolute atomic E-state index is 12.4. The van der Waals surface area contributed by atoms with E-state index in [-0.39, 0.29) is 11.1 Å². The van der Waals surface area contributed by atoms with Crippen LogP contribution in [0.4, 0.5) is 0 Å². The fourth-order valence-electron chi connectivity index (χ4n) is 2.22. The van der Waals surface area contributed by atoms with Crippen molar-refractivity contribution in [3.8, 4) is 0 Å². The number of aromatic nitrogens is 2. The van der Waals surface area contributed by atoms with Crippen LogP contribution in [-0.2, 0) is 21.3 Å². The zero-order valence-electron chi connectivity index (χ0n) is 12.6. The Morgan fingerprint density at radius 1 is 1.43 bits per heavy atom. The van der Waals surface area contributed by atoms with Crippen LogP contribution >= 0.6 is 0 Å². The Morgan fingerprint density at radius 3 is 2.81 bits per heavy atom. The van der Waals surface area contributed by atoms with Crippen molar-refractivity contribution in [3.05, 3.63) is 11.8 Å². The molecule has 1 aliphatic heterocycles.